The molecule has 0 aliphatic rings. The van der Waals surface area contributed by atoms with E-state index in [-0.39, 0.29) is 0 Å². The fourth-order valence-electron chi connectivity index (χ4n) is 1.31. The Hall–Kier alpha value is -1.02. The Kier molecular flexibility index (Phi) is 4.63. The summed E-state index contributed by atoms with van der Waals surface area (Å²) >= 11 is 0. The molecule has 0 radical (unpaired) electrons. The second kappa shape index (κ2) is 5.76. The quantitative estimate of drug-likeness (QED) is 0.724. The van der Waals surface area contributed by atoms with Crippen LogP contribution in [-0.2, 0) is 0 Å². The molecule has 2 nitrogen and oxygen atoms in total. The van der Waals surface area contributed by atoms with E-state index in [4.69, 9.17) is 0 Å². The summed E-state index contributed by atoms with van der Waals surface area (Å²) in [5.74, 6) is 0. The number of rotatable bonds is 5. The SMILES string of the molecule is CC(C)(C)CNCCNc1ccccc1. The molecule has 1 aromatic rings. The Morgan fingerprint density at radius 1 is 1.00 bits per heavy atom. The molecule has 0 spiro atoms. The minimum absolute atomic E-state index is 0.368. The van der Waals surface area contributed by atoms with Crippen LogP contribution in [0.2, 0.25) is 0 Å². The molecular weight excluding hydrogens is 184 g/mol. The number of para-hydroxylation sites is 1. The summed E-state index contributed by atoms with van der Waals surface area (Å²) in [7, 11) is 0. The van der Waals surface area contributed by atoms with Gasteiger partial charge in [0.05, 0.1) is 0 Å². The molecule has 0 unspecified atom stereocenters. The van der Waals surface area contributed by atoms with Gasteiger partial charge >= 0.3 is 0 Å². The van der Waals surface area contributed by atoms with Gasteiger partial charge in [0.2, 0.25) is 0 Å². The fourth-order valence-corrected chi connectivity index (χ4v) is 1.31. The molecule has 1 aromatic carbocycles. The molecule has 0 amide bonds. The Morgan fingerprint density at radius 2 is 1.67 bits per heavy atom. The van der Waals surface area contributed by atoms with Crippen molar-refractivity contribution in [3.05, 3.63) is 30.3 Å². The van der Waals surface area contributed by atoms with E-state index >= 15 is 0 Å². The normalized spacial score (nSPS) is 11.4. The van der Waals surface area contributed by atoms with E-state index in [2.05, 4.69) is 43.5 Å². The van der Waals surface area contributed by atoms with E-state index in [0.717, 1.165) is 19.6 Å². The van der Waals surface area contributed by atoms with Crippen LogP contribution in [0.5, 0.6) is 0 Å². The van der Waals surface area contributed by atoms with E-state index in [1.54, 1.807) is 0 Å². The van der Waals surface area contributed by atoms with Crippen molar-refractivity contribution in [2.45, 2.75) is 20.8 Å². The van der Waals surface area contributed by atoms with Crippen molar-refractivity contribution >= 4 is 5.69 Å². The van der Waals surface area contributed by atoms with Gasteiger partial charge in [0.1, 0.15) is 0 Å². The third kappa shape index (κ3) is 6.13. The molecule has 2 heteroatoms. The average Bonchev–Trinajstić information content (AvgIpc) is 2.17. The van der Waals surface area contributed by atoms with Crippen LogP contribution < -0.4 is 10.6 Å². The first kappa shape index (κ1) is 12.1. The zero-order valence-corrected chi connectivity index (χ0v) is 10.0. The largest absolute Gasteiger partial charge is 0.384 e. The molecule has 0 atom stereocenters. The van der Waals surface area contributed by atoms with Crippen LogP contribution in [0.4, 0.5) is 5.69 Å². The lowest BCUT2D eigenvalue weighted by Gasteiger charge is -2.18. The van der Waals surface area contributed by atoms with E-state index in [0.29, 0.717) is 5.41 Å². The Labute approximate surface area is 93.1 Å². The zero-order valence-electron chi connectivity index (χ0n) is 10.0. The maximum Gasteiger partial charge on any atom is 0.0340 e. The van der Waals surface area contributed by atoms with Crippen molar-refractivity contribution < 1.29 is 0 Å². The molecule has 1 rings (SSSR count). The number of hydrogen-bond donors (Lipinski definition) is 2. The Balaban J connectivity index is 2.08. The second-order valence-corrected chi connectivity index (χ2v) is 5.03. The molecule has 84 valence electrons. The standard InChI is InChI=1S/C13H22N2/c1-13(2,3)11-14-9-10-15-12-7-5-4-6-8-12/h4-8,14-15H,9-11H2,1-3H3. The van der Waals surface area contributed by atoms with Crippen LogP contribution >= 0.6 is 0 Å². The van der Waals surface area contributed by atoms with Gasteiger partial charge in [-0.3, -0.25) is 0 Å². The van der Waals surface area contributed by atoms with Gasteiger partial charge in [0.25, 0.3) is 0 Å². The molecule has 0 saturated carbocycles. The minimum atomic E-state index is 0.368. The van der Waals surface area contributed by atoms with E-state index in [9.17, 15) is 0 Å². The second-order valence-electron chi connectivity index (χ2n) is 5.03. The highest BCUT2D eigenvalue weighted by Gasteiger charge is 2.07. The summed E-state index contributed by atoms with van der Waals surface area (Å²) in [4.78, 5) is 0. The molecule has 15 heavy (non-hydrogen) atoms. The van der Waals surface area contributed by atoms with Crippen LogP contribution in [0.1, 0.15) is 20.8 Å². The predicted octanol–water partition coefficient (Wildman–Crippen LogP) is 2.73. The highest BCUT2D eigenvalue weighted by atomic mass is 14.9. The molecular formula is C13H22N2. The van der Waals surface area contributed by atoms with Crippen molar-refractivity contribution in [1.82, 2.24) is 5.32 Å². The van der Waals surface area contributed by atoms with Gasteiger partial charge in [-0.2, -0.15) is 0 Å². The Morgan fingerprint density at radius 3 is 2.27 bits per heavy atom. The van der Waals surface area contributed by atoms with Crippen LogP contribution in [0, 0.1) is 5.41 Å². The van der Waals surface area contributed by atoms with Gasteiger partial charge < -0.3 is 10.6 Å². The molecule has 0 heterocycles. The topological polar surface area (TPSA) is 24.1 Å². The van der Waals surface area contributed by atoms with E-state index in [1.807, 2.05) is 18.2 Å². The number of nitrogens with one attached hydrogen (secondary N) is 2. The first-order chi connectivity index (χ1) is 7.08. The van der Waals surface area contributed by atoms with Crippen molar-refractivity contribution in [1.29, 1.82) is 0 Å². The van der Waals surface area contributed by atoms with Crippen molar-refractivity contribution in [2.24, 2.45) is 5.41 Å². The summed E-state index contributed by atoms with van der Waals surface area (Å²) in [5.41, 5.74) is 1.56. The highest BCUT2D eigenvalue weighted by Crippen LogP contribution is 2.09. The number of benzene rings is 1. The summed E-state index contributed by atoms with van der Waals surface area (Å²) in [6.07, 6.45) is 0. The molecule has 0 saturated heterocycles. The van der Waals surface area contributed by atoms with Crippen LogP contribution in [0.15, 0.2) is 30.3 Å². The molecule has 0 aromatic heterocycles. The van der Waals surface area contributed by atoms with Gasteiger partial charge in [-0.25, -0.2) is 0 Å². The molecule has 0 aliphatic heterocycles. The molecule has 2 N–H and O–H groups in total. The van der Waals surface area contributed by atoms with Crippen molar-refractivity contribution in [2.75, 3.05) is 25.0 Å². The van der Waals surface area contributed by atoms with E-state index < -0.39 is 0 Å². The molecule has 0 bridgehead atoms. The van der Waals surface area contributed by atoms with E-state index in [1.165, 1.54) is 5.69 Å². The lowest BCUT2D eigenvalue weighted by atomic mass is 9.97. The number of anilines is 1. The predicted molar refractivity (Wildman–Crippen MR) is 67.3 cm³/mol. The minimum Gasteiger partial charge on any atom is -0.384 e. The van der Waals surface area contributed by atoms with Gasteiger partial charge in [-0.1, -0.05) is 39.0 Å². The number of hydrogen-bond acceptors (Lipinski definition) is 2. The first-order valence-electron chi connectivity index (χ1n) is 5.57. The van der Waals surface area contributed by atoms with Gasteiger partial charge in [0, 0.05) is 25.3 Å². The average molecular weight is 206 g/mol. The lowest BCUT2D eigenvalue weighted by Crippen LogP contribution is -2.30. The highest BCUT2D eigenvalue weighted by molar-refractivity contribution is 5.42. The van der Waals surface area contributed by atoms with Crippen LogP contribution in [0.25, 0.3) is 0 Å². The summed E-state index contributed by atoms with van der Waals surface area (Å²) in [5, 5.41) is 6.80. The molecule has 0 aliphatic carbocycles. The summed E-state index contributed by atoms with van der Waals surface area (Å²) in [6, 6.07) is 10.3. The van der Waals surface area contributed by atoms with Gasteiger partial charge in [-0.05, 0) is 17.5 Å². The third-order valence-electron chi connectivity index (χ3n) is 2.06. The first-order valence-corrected chi connectivity index (χ1v) is 5.57. The Bertz CT molecular complexity index is 262. The van der Waals surface area contributed by atoms with Gasteiger partial charge in [-0.15, -0.1) is 0 Å². The maximum absolute atomic E-state index is 3.43. The zero-order chi connectivity index (χ0) is 11.1. The third-order valence-corrected chi connectivity index (χ3v) is 2.06. The summed E-state index contributed by atoms with van der Waals surface area (Å²) < 4.78 is 0. The smallest absolute Gasteiger partial charge is 0.0340 e. The molecule has 0 fully saturated rings. The van der Waals surface area contributed by atoms with Crippen LogP contribution in [-0.4, -0.2) is 19.6 Å². The van der Waals surface area contributed by atoms with Crippen LogP contribution in [0.3, 0.4) is 0 Å². The fraction of sp³-hybridized carbons (Fsp3) is 0.538. The van der Waals surface area contributed by atoms with Crippen molar-refractivity contribution in [3.8, 4) is 0 Å². The summed E-state index contributed by atoms with van der Waals surface area (Å²) in [6.45, 7) is 9.76. The monoisotopic (exact) mass is 206 g/mol. The van der Waals surface area contributed by atoms with Gasteiger partial charge in [0.15, 0.2) is 0 Å². The van der Waals surface area contributed by atoms with Crippen molar-refractivity contribution in [3.63, 3.8) is 0 Å². The maximum atomic E-state index is 3.43. The lowest BCUT2D eigenvalue weighted by molar-refractivity contribution is 0.384.